The van der Waals surface area contributed by atoms with Gasteiger partial charge in [0.25, 0.3) is 0 Å². The number of nitrogens with one attached hydrogen (secondary N) is 1. The average molecular weight is 267 g/mol. The Balaban J connectivity index is 1.76. The Hall–Kier alpha value is -0.910. The molecule has 1 amide bonds. The van der Waals surface area contributed by atoms with Gasteiger partial charge in [0, 0.05) is 23.9 Å². The molecule has 0 aromatic carbocycles. The summed E-state index contributed by atoms with van der Waals surface area (Å²) in [4.78, 5) is 15.1. The summed E-state index contributed by atoms with van der Waals surface area (Å²) in [6.07, 6.45) is 3.66. The van der Waals surface area contributed by atoms with Crippen LogP contribution in [0.2, 0.25) is 0 Å². The molecule has 1 aromatic rings. The highest BCUT2D eigenvalue weighted by Crippen LogP contribution is 2.32. The van der Waals surface area contributed by atoms with Crippen LogP contribution in [0.15, 0.2) is 11.4 Å². The zero-order valence-electron chi connectivity index (χ0n) is 10.8. The van der Waals surface area contributed by atoms with Crippen LogP contribution < -0.4 is 11.3 Å². The second kappa shape index (κ2) is 6.31. The summed E-state index contributed by atoms with van der Waals surface area (Å²) < 4.78 is 0. The monoisotopic (exact) mass is 267 g/mol. The largest absolute Gasteiger partial charge is 0.296 e. The van der Waals surface area contributed by atoms with Crippen molar-refractivity contribution >= 4 is 17.2 Å². The standard InChI is InChI=1S/C13H21N3OS/c1-10-11-6-9-18-12(11)5-8-16(10)7-3-2-4-13(17)15-14/h6,9-10H,2-5,7-8,14H2,1H3,(H,15,17). The fourth-order valence-electron chi connectivity index (χ4n) is 2.54. The van der Waals surface area contributed by atoms with Crippen LogP contribution in [0.1, 0.15) is 42.7 Å². The summed E-state index contributed by atoms with van der Waals surface area (Å²) in [5.74, 6) is 4.98. The summed E-state index contributed by atoms with van der Waals surface area (Å²) in [5, 5.41) is 2.19. The number of thiophene rings is 1. The lowest BCUT2D eigenvalue weighted by molar-refractivity contribution is -0.121. The van der Waals surface area contributed by atoms with E-state index in [1.807, 2.05) is 11.3 Å². The Morgan fingerprint density at radius 3 is 3.22 bits per heavy atom. The highest BCUT2D eigenvalue weighted by molar-refractivity contribution is 7.10. The molecular formula is C13H21N3OS. The molecule has 1 aliphatic rings. The summed E-state index contributed by atoms with van der Waals surface area (Å²) in [6, 6.07) is 2.77. The number of nitrogens with two attached hydrogens (primary N) is 1. The molecule has 0 saturated heterocycles. The van der Waals surface area contributed by atoms with Crippen molar-refractivity contribution in [2.45, 2.75) is 38.6 Å². The third kappa shape index (κ3) is 3.10. The third-order valence-corrected chi connectivity index (χ3v) is 4.66. The first kappa shape index (κ1) is 13.5. The van der Waals surface area contributed by atoms with Crippen molar-refractivity contribution < 1.29 is 4.79 Å². The number of nitrogens with zero attached hydrogens (tertiary/aromatic N) is 1. The van der Waals surface area contributed by atoms with Crippen LogP contribution in [0.5, 0.6) is 0 Å². The third-order valence-electron chi connectivity index (χ3n) is 3.66. The van der Waals surface area contributed by atoms with E-state index in [0.29, 0.717) is 12.5 Å². The highest BCUT2D eigenvalue weighted by Gasteiger charge is 2.23. The van der Waals surface area contributed by atoms with E-state index in [4.69, 9.17) is 5.84 Å². The lowest BCUT2D eigenvalue weighted by Gasteiger charge is -2.33. The van der Waals surface area contributed by atoms with Crippen molar-refractivity contribution in [1.29, 1.82) is 0 Å². The molecule has 2 heterocycles. The number of fused-ring (bicyclic) bond motifs is 1. The van der Waals surface area contributed by atoms with E-state index >= 15 is 0 Å². The Bertz CT molecular complexity index is 405. The molecule has 0 aliphatic carbocycles. The molecular weight excluding hydrogens is 246 g/mol. The second-order valence-electron chi connectivity index (χ2n) is 4.79. The van der Waals surface area contributed by atoms with Crippen LogP contribution in [0.4, 0.5) is 0 Å². The van der Waals surface area contributed by atoms with E-state index in [-0.39, 0.29) is 5.91 Å². The first-order valence-corrected chi connectivity index (χ1v) is 7.40. The van der Waals surface area contributed by atoms with Gasteiger partial charge in [0.05, 0.1) is 0 Å². The van der Waals surface area contributed by atoms with E-state index < -0.39 is 0 Å². The first-order chi connectivity index (χ1) is 8.72. The highest BCUT2D eigenvalue weighted by atomic mass is 32.1. The smallest absolute Gasteiger partial charge is 0.233 e. The molecule has 1 atom stereocenters. The molecule has 18 heavy (non-hydrogen) atoms. The van der Waals surface area contributed by atoms with Crippen molar-refractivity contribution in [3.63, 3.8) is 0 Å². The molecule has 100 valence electrons. The number of carbonyl (C=O) groups excluding carboxylic acids is 1. The van der Waals surface area contributed by atoms with Gasteiger partial charge in [-0.3, -0.25) is 15.1 Å². The van der Waals surface area contributed by atoms with Crippen LogP contribution >= 0.6 is 11.3 Å². The lowest BCUT2D eigenvalue weighted by atomic mass is 10.0. The molecule has 0 radical (unpaired) electrons. The van der Waals surface area contributed by atoms with Gasteiger partial charge >= 0.3 is 0 Å². The summed E-state index contributed by atoms with van der Waals surface area (Å²) in [5.41, 5.74) is 3.66. The fraction of sp³-hybridized carbons (Fsp3) is 0.615. The molecule has 0 fully saturated rings. The number of amides is 1. The van der Waals surface area contributed by atoms with Gasteiger partial charge in [-0.15, -0.1) is 11.3 Å². The molecule has 2 rings (SSSR count). The van der Waals surface area contributed by atoms with E-state index in [1.165, 1.54) is 12.0 Å². The minimum absolute atomic E-state index is 0.0678. The van der Waals surface area contributed by atoms with E-state index in [1.54, 1.807) is 4.88 Å². The van der Waals surface area contributed by atoms with E-state index in [2.05, 4.69) is 28.7 Å². The maximum atomic E-state index is 11.0. The number of unbranched alkanes of at least 4 members (excludes halogenated alkanes) is 1. The van der Waals surface area contributed by atoms with Gasteiger partial charge in [-0.25, -0.2) is 5.84 Å². The van der Waals surface area contributed by atoms with E-state index in [9.17, 15) is 4.79 Å². The maximum absolute atomic E-state index is 11.0. The Morgan fingerprint density at radius 1 is 1.61 bits per heavy atom. The average Bonchev–Trinajstić information content (AvgIpc) is 2.85. The molecule has 1 unspecified atom stereocenters. The predicted molar refractivity (Wildman–Crippen MR) is 74.2 cm³/mol. The first-order valence-electron chi connectivity index (χ1n) is 6.52. The number of hydrazine groups is 1. The fourth-order valence-corrected chi connectivity index (χ4v) is 3.50. The summed E-state index contributed by atoms with van der Waals surface area (Å²) in [6.45, 7) is 4.48. The molecule has 1 aromatic heterocycles. The number of hydrogen-bond acceptors (Lipinski definition) is 4. The van der Waals surface area contributed by atoms with Crippen molar-refractivity contribution in [2.24, 2.45) is 5.84 Å². The maximum Gasteiger partial charge on any atom is 0.233 e. The van der Waals surface area contributed by atoms with Gasteiger partial charge in [-0.05, 0) is 49.7 Å². The molecule has 0 bridgehead atoms. The minimum atomic E-state index is -0.0678. The van der Waals surface area contributed by atoms with Crippen molar-refractivity contribution in [2.75, 3.05) is 13.1 Å². The van der Waals surface area contributed by atoms with Gasteiger partial charge in [0.15, 0.2) is 0 Å². The van der Waals surface area contributed by atoms with Crippen LogP contribution in [0, 0.1) is 0 Å². The second-order valence-corrected chi connectivity index (χ2v) is 5.79. The van der Waals surface area contributed by atoms with Crippen LogP contribution in [0.3, 0.4) is 0 Å². The molecule has 0 spiro atoms. The number of hydrogen-bond donors (Lipinski definition) is 2. The lowest BCUT2D eigenvalue weighted by Crippen LogP contribution is -2.34. The van der Waals surface area contributed by atoms with Crippen molar-refractivity contribution in [3.8, 4) is 0 Å². The van der Waals surface area contributed by atoms with Crippen LogP contribution in [0.25, 0.3) is 0 Å². The summed E-state index contributed by atoms with van der Waals surface area (Å²) in [7, 11) is 0. The van der Waals surface area contributed by atoms with Gasteiger partial charge in [0.1, 0.15) is 0 Å². The predicted octanol–water partition coefficient (Wildman–Crippen LogP) is 1.83. The zero-order valence-corrected chi connectivity index (χ0v) is 11.6. The van der Waals surface area contributed by atoms with Gasteiger partial charge in [-0.1, -0.05) is 0 Å². The Labute approximate surface area is 112 Å². The van der Waals surface area contributed by atoms with Crippen molar-refractivity contribution in [1.82, 2.24) is 10.3 Å². The SMILES string of the molecule is CC1c2ccsc2CCN1CCCCC(=O)NN. The quantitative estimate of drug-likeness (QED) is 0.370. The van der Waals surface area contributed by atoms with Gasteiger partial charge in [-0.2, -0.15) is 0 Å². The molecule has 1 aliphatic heterocycles. The summed E-state index contributed by atoms with van der Waals surface area (Å²) >= 11 is 1.87. The minimum Gasteiger partial charge on any atom is -0.296 e. The topological polar surface area (TPSA) is 58.4 Å². The number of rotatable bonds is 5. The molecule has 4 nitrogen and oxygen atoms in total. The van der Waals surface area contributed by atoms with Gasteiger partial charge < -0.3 is 0 Å². The zero-order chi connectivity index (χ0) is 13.0. The number of carbonyl (C=O) groups is 1. The normalized spacial score (nSPS) is 19.6. The molecule has 5 heteroatoms. The Kier molecular flexibility index (Phi) is 4.74. The van der Waals surface area contributed by atoms with Crippen LogP contribution in [-0.4, -0.2) is 23.9 Å². The van der Waals surface area contributed by atoms with Gasteiger partial charge in [0.2, 0.25) is 5.91 Å². The van der Waals surface area contributed by atoms with Crippen molar-refractivity contribution in [3.05, 3.63) is 21.9 Å². The Morgan fingerprint density at radius 2 is 2.44 bits per heavy atom. The van der Waals surface area contributed by atoms with Crippen LogP contribution in [-0.2, 0) is 11.2 Å². The molecule has 0 saturated carbocycles. The van der Waals surface area contributed by atoms with E-state index in [0.717, 1.165) is 25.9 Å². The molecule has 3 N–H and O–H groups in total.